The summed E-state index contributed by atoms with van der Waals surface area (Å²) in [6.45, 7) is 8.75. The highest BCUT2D eigenvalue weighted by atomic mass is 19.1. The van der Waals surface area contributed by atoms with Gasteiger partial charge in [-0.1, -0.05) is 12.1 Å². The van der Waals surface area contributed by atoms with Crippen molar-refractivity contribution in [3.8, 4) is 22.9 Å². The Morgan fingerprint density at radius 1 is 1.00 bits per heavy atom. The lowest BCUT2D eigenvalue weighted by Crippen LogP contribution is -2.68. The van der Waals surface area contributed by atoms with Crippen LogP contribution in [0.2, 0.25) is 0 Å². The number of piperazine rings is 1. The molecular weight excluding hydrogens is 543 g/mol. The lowest BCUT2D eigenvalue weighted by molar-refractivity contribution is -0.00869. The molecule has 5 aliphatic rings. The zero-order valence-corrected chi connectivity index (χ0v) is 24.1. The third kappa shape index (κ3) is 5.01. The Morgan fingerprint density at radius 2 is 1.79 bits per heavy atom. The summed E-state index contributed by atoms with van der Waals surface area (Å²) in [6.07, 6.45) is 6.56. The van der Waals surface area contributed by atoms with Gasteiger partial charge in [0.15, 0.2) is 0 Å². The molecule has 0 radical (unpaired) electrons. The molecule has 1 aromatic carbocycles. The molecule has 43 heavy (non-hydrogen) atoms. The van der Waals surface area contributed by atoms with E-state index in [4.69, 9.17) is 9.72 Å². The first-order valence-electron chi connectivity index (χ1n) is 15.3. The van der Waals surface area contributed by atoms with E-state index in [9.17, 15) is 9.65 Å². The summed E-state index contributed by atoms with van der Waals surface area (Å²) < 4.78 is 21.3. The van der Waals surface area contributed by atoms with E-state index in [0.717, 1.165) is 98.0 Å². The molecule has 220 valence electrons. The number of anilines is 1. The van der Waals surface area contributed by atoms with Crippen LogP contribution in [0.4, 0.5) is 10.2 Å². The van der Waals surface area contributed by atoms with E-state index in [1.54, 1.807) is 22.8 Å². The summed E-state index contributed by atoms with van der Waals surface area (Å²) in [6, 6.07) is 16.3. The molecule has 8 heterocycles. The molecule has 5 aliphatic heterocycles. The fourth-order valence-electron chi connectivity index (χ4n) is 7.57. The average Bonchev–Trinajstić information content (AvgIpc) is 3.76. The van der Waals surface area contributed by atoms with Crippen molar-refractivity contribution < 1.29 is 9.13 Å². The van der Waals surface area contributed by atoms with Crippen molar-refractivity contribution in [1.29, 1.82) is 5.26 Å². The normalized spacial score (nSPS) is 25.1. The number of halogens is 1. The summed E-state index contributed by atoms with van der Waals surface area (Å²) >= 11 is 0. The Bertz CT molecular complexity index is 1640. The van der Waals surface area contributed by atoms with Crippen molar-refractivity contribution in [2.24, 2.45) is 11.8 Å². The van der Waals surface area contributed by atoms with E-state index in [0.29, 0.717) is 24.3 Å². The molecule has 5 saturated heterocycles. The molecule has 2 bridgehead atoms. The average molecular weight is 579 g/mol. The molecule has 9 rings (SSSR count). The first-order chi connectivity index (χ1) is 21.1. The molecule has 10 heteroatoms. The maximum atomic E-state index is 13.3. The molecule has 0 saturated carbocycles. The van der Waals surface area contributed by atoms with Gasteiger partial charge in [-0.3, -0.25) is 9.80 Å². The predicted molar refractivity (Wildman–Crippen MR) is 161 cm³/mol. The molecule has 0 aliphatic carbocycles. The van der Waals surface area contributed by atoms with Gasteiger partial charge in [-0.05, 0) is 67.2 Å². The van der Waals surface area contributed by atoms with E-state index in [2.05, 4.69) is 43.3 Å². The lowest BCUT2D eigenvalue weighted by Gasteiger charge is -2.56. The largest absolute Gasteiger partial charge is 0.491 e. The standard InChI is InChI=1S/C33H35FN8O/c34-27-4-1-22(2-5-27)16-41-28-9-29(41)20-40(19-28)32-6-3-23(14-37-32)31-10-30(21-42-33(31)24(11-35)15-38-42)43-8-7-39-17-25-12-36-13-26(25)18-39/h1-6,10,14-15,21,25-26,28-29,36H,7-9,12-13,16-20H2. The number of aromatic nitrogens is 3. The number of benzene rings is 1. The first-order valence-corrected chi connectivity index (χ1v) is 15.3. The smallest absolute Gasteiger partial charge is 0.138 e. The summed E-state index contributed by atoms with van der Waals surface area (Å²) in [5.41, 5.74) is 4.26. The quantitative estimate of drug-likeness (QED) is 0.341. The van der Waals surface area contributed by atoms with Crippen molar-refractivity contribution in [1.82, 2.24) is 29.7 Å². The minimum absolute atomic E-state index is 0.192. The summed E-state index contributed by atoms with van der Waals surface area (Å²) in [5, 5.41) is 17.7. The van der Waals surface area contributed by atoms with Gasteiger partial charge in [0.05, 0.1) is 23.5 Å². The lowest BCUT2D eigenvalue weighted by atomic mass is 9.86. The van der Waals surface area contributed by atoms with Crippen LogP contribution in [0, 0.1) is 29.0 Å². The third-order valence-corrected chi connectivity index (χ3v) is 9.85. The van der Waals surface area contributed by atoms with Crippen LogP contribution >= 0.6 is 0 Å². The van der Waals surface area contributed by atoms with Crippen molar-refractivity contribution >= 4 is 11.3 Å². The number of likely N-dealkylation sites (tertiary alicyclic amines) is 1. The Labute approximate surface area is 250 Å². The highest BCUT2D eigenvalue weighted by Crippen LogP contribution is 2.37. The van der Waals surface area contributed by atoms with E-state index < -0.39 is 0 Å². The number of fused-ring (bicyclic) bond motifs is 4. The SMILES string of the molecule is N#Cc1cnn2cc(OCCN3CC4CNCC4C3)cc(-c3ccc(N4CC5CC(C4)N5Cc4ccc(F)cc4)nc3)c12. The van der Waals surface area contributed by atoms with Crippen molar-refractivity contribution in [2.45, 2.75) is 25.0 Å². The molecule has 4 aromatic rings. The van der Waals surface area contributed by atoms with Crippen molar-refractivity contribution in [3.63, 3.8) is 0 Å². The van der Waals surface area contributed by atoms with E-state index in [1.165, 1.54) is 6.42 Å². The maximum Gasteiger partial charge on any atom is 0.138 e. The van der Waals surface area contributed by atoms with Crippen LogP contribution in [-0.4, -0.2) is 88.9 Å². The van der Waals surface area contributed by atoms with Gasteiger partial charge < -0.3 is 15.0 Å². The highest BCUT2D eigenvalue weighted by molar-refractivity contribution is 5.85. The van der Waals surface area contributed by atoms with E-state index in [1.807, 2.05) is 30.6 Å². The van der Waals surface area contributed by atoms with Gasteiger partial charge in [0.25, 0.3) is 0 Å². The van der Waals surface area contributed by atoms with Gasteiger partial charge in [0, 0.05) is 68.7 Å². The molecule has 4 atom stereocenters. The number of ether oxygens (including phenoxy) is 1. The Hall–Kier alpha value is -4.04. The van der Waals surface area contributed by atoms with Crippen molar-refractivity contribution in [3.05, 3.63) is 78.0 Å². The minimum Gasteiger partial charge on any atom is -0.491 e. The Balaban J connectivity index is 0.960. The molecule has 5 fully saturated rings. The number of nitrogens with one attached hydrogen (secondary N) is 1. The number of hydrogen-bond acceptors (Lipinski definition) is 8. The van der Waals surface area contributed by atoms with Gasteiger partial charge in [0.1, 0.15) is 30.1 Å². The number of pyridine rings is 2. The highest BCUT2D eigenvalue weighted by Gasteiger charge is 2.44. The fraction of sp³-hybridized carbons (Fsp3) is 0.424. The molecule has 3 aromatic heterocycles. The Kier molecular flexibility index (Phi) is 6.74. The molecular formula is C33H35FN8O. The molecule has 0 amide bonds. The molecule has 0 spiro atoms. The van der Waals surface area contributed by atoms with Gasteiger partial charge in [-0.15, -0.1) is 0 Å². The first kappa shape index (κ1) is 26.6. The van der Waals surface area contributed by atoms with Crippen LogP contribution < -0.4 is 15.0 Å². The number of rotatable bonds is 8. The second-order valence-corrected chi connectivity index (χ2v) is 12.5. The van der Waals surface area contributed by atoms with E-state index in [-0.39, 0.29) is 5.82 Å². The molecule has 1 N–H and O–H groups in total. The van der Waals surface area contributed by atoms with Crippen LogP contribution in [0.5, 0.6) is 5.75 Å². The van der Waals surface area contributed by atoms with Crippen LogP contribution in [0.25, 0.3) is 16.6 Å². The minimum atomic E-state index is -0.192. The van der Waals surface area contributed by atoms with Crippen LogP contribution in [0.15, 0.2) is 61.1 Å². The third-order valence-electron chi connectivity index (χ3n) is 9.85. The second kappa shape index (κ2) is 10.9. The molecule has 9 nitrogen and oxygen atoms in total. The summed E-state index contributed by atoms with van der Waals surface area (Å²) in [4.78, 5) is 12.3. The predicted octanol–water partition coefficient (Wildman–Crippen LogP) is 3.40. The number of hydrogen-bond donors (Lipinski definition) is 1. The van der Waals surface area contributed by atoms with Crippen LogP contribution in [-0.2, 0) is 6.54 Å². The fourth-order valence-corrected chi connectivity index (χ4v) is 7.57. The van der Waals surface area contributed by atoms with Gasteiger partial charge in [-0.25, -0.2) is 13.9 Å². The van der Waals surface area contributed by atoms with Gasteiger partial charge >= 0.3 is 0 Å². The van der Waals surface area contributed by atoms with Gasteiger partial charge in [-0.2, -0.15) is 10.4 Å². The maximum absolute atomic E-state index is 13.3. The van der Waals surface area contributed by atoms with E-state index >= 15 is 0 Å². The zero-order valence-electron chi connectivity index (χ0n) is 24.1. The van der Waals surface area contributed by atoms with Crippen LogP contribution in [0.3, 0.4) is 0 Å². The van der Waals surface area contributed by atoms with Crippen molar-refractivity contribution in [2.75, 3.05) is 57.3 Å². The molecule has 4 unspecified atom stereocenters. The topological polar surface area (TPSA) is 85.0 Å². The number of nitrogens with zero attached hydrogens (tertiary/aromatic N) is 7. The monoisotopic (exact) mass is 578 g/mol. The zero-order chi connectivity index (χ0) is 28.9. The van der Waals surface area contributed by atoms with Gasteiger partial charge in [0.2, 0.25) is 0 Å². The number of nitriles is 1. The number of piperidine rings is 1. The van der Waals surface area contributed by atoms with Crippen LogP contribution in [0.1, 0.15) is 17.5 Å². The summed E-state index contributed by atoms with van der Waals surface area (Å²) in [5.74, 6) is 3.04. The Morgan fingerprint density at radius 3 is 2.51 bits per heavy atom. The second-order valence-electron chi connectivity index (χ2n) is 12.5. The summed E-state index contributed by atoms with van der Waals surface area (Å²) in [7, 11) is 0.